The molecule has 0 aliphatic carbocycles. The van der Waals surface area contributed by atoms with Crippen molar-refractivity contribution in [3.05, 3.63) is 66.2 Å². The summed E-state index contributed by atoms with van der Waals surface area (Å²) in [5, 5.41) is 4.99. The maximum Gasteiger partial charge on any atom is 0.282 e. The second-order valence-corrected chi connectivity index (χ2v) is 8.35. The Kier molecular flexibility index (Phi) is 6.31. The maximum atomic E-state index is 13.0. The molecule has 0 aliphatic rings. The van der Waals surface area contributed by atoms with E-state index in [1.54, 1.807) is 12.3 Å². The molecule has 0 fully saturated rings. The fraction of sp³-hybridized carbons (Fsp3) is 0.250. The van der Waals surface area contributed by atoms with Gasteiger partial charge in [-0.15, -0.1) is 0 Å². The predicted octanol–water partition coefficient (Wildman–Crippen LogP) is 5.17. The molecule has 0 unspecified atom stereocenters. The van der Waals surface area contributed by atoms with E-state index < -0.39 is 0 Å². The summed E-state index contributed by atoms with van der Waals surface area (Å²) in [7, 11) is 0. The third-order valence-electron chi connectivity index (χ3n) is 3.93. The highest BCUT2D eigenvalue weighted by molar-refractivity contribution is 14.1. The number of nitrogens with zero attached hydrogens (tertiary/aromatic N) is 3. The van der Waals surface area contributed by atoms with Crippen molar-refractivity contribution in [2.45, 2.75) is 26.7 Å². The Morgan fingerprint density at radius 1 is 1.30 bits per heavy atom. The largest absolute Gasteiger partial charge is 0.493 e. The molecule has 3 aromatic rings. The van der Waals surface area contributed by atoms with Crippen LogP contribution in [0.25, 0.3) is 10.9 Å². The molecule has 0 N–H and O–H groups in total. The van der Waals surface area contributed by atoms with E-state index in [0.717, 1.165) is 19.4 Å². The summed E-state index contributed by atoms with van der Waals surface area (Å²) in [6, 6.07) is 11.3. The summed E-state index contributed by atoms with van der Waals surface area (Å²) >= 11 is 5.64. The second-order valence-electron chi connectivity index (χ2n) is 6.27. The van der Waals surface area contributed by atoms with E-state index >= 15 is 0 Å². The molecular formula is C20H19BrIN3O2. The molecule has 0 bridgehead atoms. The van der Waals surface area contributed by atoms with E-state index in [9.17, 15) is 4.79 Å². The predicted molar refractivity (Wildman–Crippen MR) is 121 cm³/mol. The monoisotopic (exact) mass is 539 g/mol. The standard InChI is InChI=1S/C20H19BrIN3O2/c1-4-27-18-8-5-13(9-16(18)22)11-23-25-19(12(2)3)24-17-7-6-14(21)10-15(17)20(25)26/h5-12H,4H2,1-3H3. The van der Waals surface area contributed by atoms with Crippen LogP contribution in [0.2, 0.25) is 0 Å². The van der Waals surface area contributed by atoms with Crippen LogP contribution in [0, 0.1) is 3.57 Å². The zero-order valence-corrected chi connectivity index (χ0v) is 19.0. The molecule has 0 spiro atoms. The third kappa shape index (κ3) is 4.40. The van der Waals surface area contributed by atoms with Gasteiger partial charge in [-0.2, -0.15) is 9.78 Å². The van der Waals surface area contributed by atoms with E-state index in [2.05, 4.69) is 48.6 Å². The molecule has 0 radical (unpaired) electrons. The molecule has 5 nitrogen and oxygen atoms in total. The van der Waals surface area contributed by atoms with E-state index in [0.29, 0.717) is 23.3 Å². The first kappa shape index (κ1) is 20.0. The van der Waals surface area contributed by atoms with Gasteiger partial charge in [0.05, 0.1) is 27.3 Å². The molecule has 0 saturated carbocycles. The van der Waals surface area contributed by atoms with Crippen LogP contribution in [0.4, 0.5) is 0 Å². The normalized spacial score (nSPS) is 11.6. The molecule has 2 aromatic carbocycles. The van der Waals surface area contributed by atoms with Gasteiger partial charge in [0.25, 0.3) is 5.56 Å². The zero-order chi connectivity index (χ0) is 19.6. The van der Waals surface area contributed by atoms with Gasteiger partial charge in [0.2, 0.25) is 0 Å². The molecule has 140 valence electrons. The average Bonchev–Trinajstić information content (AvgIpc) is 2.63. The zero-order valence-electron chi connectivity index (χ0n) is 15.2. The Hall–Kier alpha value is -1.74. The van der Waals surface area contributed by atoms with Gasteiger partial charge < -0.3 is 4.74 Å². The minimum atomic E-state index is -0.179. The molecule has 7 heteroatoms. The molecule has 0 saturated heterocycles. The van der Waals surface area contributed by atoms with Crippen LogP contribution in [-0.4, -0.2) is 22.5 Å². The lowest BCUT2D eigenvalue weighted by molar-refractivity contribution is 0.338. The van der Waals surface area contributed by atoms with Crippen LogP contribution in [0.3, 0.4) is 0 Å². The second kappa shape index (κ2) is 8.52. The van der Waals surface area contributed by atoms with E-state index in [-0.39, 0.29) is 11.5 Å². The summed E-state index contributed by atoms with van der Waals surface area (Å²) in [6.45, 7) is 6.57. The smallest absolute Gasteiger partial charge is 0.282 e. The Labute approximate surface area is 179 Å². The Bertz CT molecular complexity index is 1080. The van der Waals surface area contributed by atoms with Crippen LogP contribution in [0.5, 0.6) is 5.75 Å². The van der Waals surface area contributed by atoms with Gasteiger partial charge in [0, 0.05) is 10.4 Å². The van der Waals surface area contributed by atoms with Gasteiger partial charge >= 0.3 is 0 Å². The summed E-state index contributed by atoms with van der Waals surface area (Å²) in [6.07, 6.45) is 1.68. The fourth-order valence-corrected chi connectivity index (χ4v) is 3.70. The number of aromatic nitrogens is 2. The number of hydrogen-bond donors (Lipinski definition) is 0. The number of halogens is 2. The number of fused-ring (bicyclic) bond motifs is 1. The topological polar surface area (TPSA) is 56.5 Å². The third-order valence-corrected chi connectivity index (χ3v) is 5.26. The van der Waals surface area contributed by atoms with Gasteiger partial charge in [-0.05, 0) is 71.5 Å². The summed E-state index contributed by atoms with van der Waals surface area (Å²) in [4.78, 5) is 17.7. The first-order chi connectivity index (χ1) is 12.9. The van der Waals surface area contributed by atoms with Crippen molar-refractivity contribution in [2.24, 2.45) is 5.10 Å². The van der Waals surface area contributed by atoms with Gasteiger partial charge in [-0.1, -0.05) is 29.8 Å². The lowest BCUT2D eigenvalue weighted by Gasteiger charge is -2.12. The quantitative estimate of drug-likeness (QED) is 0.332. The van der Waals surface area contributed by atoms with Crippen molar-refractivity contribution in [3.8, 4) is 5.75 Å². The molecule has 3 rings (SSSR count). The first-order valence-electron chi connectivity index (χ1n) is 8.59. The highest BCUT2D eigenvalue weighted by atomic mass is 127. The lowest BCUT2D eigenvalue weighted by Crippen LogP contribution is -2.23. The first-order valence-corrected chi connectivity index (χ1v) is 10.5. The van der Waals surface area contributed by atoms with Crippen LogP contribution >= 0.6 is 38.5 Å². The molecule has 0 atom stereocenters. The number of hydrogen-bond acceptors (Lipinski definition) is 4. The highest BCUT2D eigenvalue weighted by Gasteiger charge is 2.13. The van der Waals surface area contributed by atoms with Gasteiger partial charge in [-0.3, -0.25) is 4.79 Å². The summed E-state index contributed by atoms with van der Waals surface area (Å²) in [5.41, 5.74) is 1.38. The Balaban J connectivity index is 2.09. The SMILES string of the molecule is CCOc1ccc(C=Nn2c(C(C)C)nc3ccc(Br)cc3c2=O)cc1I. The fourth-order valence-electron chi connectivity index (χ4n) is 2.65. The number of ether oxygens (including phenoxy) is 1. The molecule has 1 aromatic heterocycles. The van der Waals surface area contributed by atoms with E-state index in [1.165, 1.54) is 4.68 Å². The van der Waals surface area contributed by atoms with E-state index in [1.807, 2.05) is 51.1 Å². The van der Waals surface area contributed by atoms with Gasteiger partial charge in [0.1, 0.15) is 11.6 Å². The van der Waals surface area contributed by atoms with Gasteiger partial charge in [0.15, 0.2) is 0 Å². The Morgan fingerprint density at radius 3 is 2.74 bits per heavy atom. The van der Waals surface area contributed by atoms with Crippen molar-refractivity contribution in [1.82, 2.24) is 9.66 Å². The van der Waals surface area contributed by atoms with Crippen LogP contribution in [-0.2, 0) is 0 Å². The Morgan fingerprint density at radius 2 is 2.07 bits per heavy atom. The van der Waals surface area contributed by atoms with Crippen molar-refractivity contribution in [1.29, 1.82) is 0 Å². The average molecular weight is 540 g/mol. The minimum Gasteiger partial charge on any atom is -0.493 e. The van der Waals surface area contributed by atoms with Crippen molar-refractivity contribution in [3.63, 3.8) is 0 Å². The van der Waals surface area contributed by atoms with Gasteiger partial charge in [-0.25, -0.2) is 4.98 Å². The maximum absolute atomic E-state index is 13.0. The molecule has 1 heterocycles. The highest BCUT2D eigenvalue weighted by Crippen LogP contribution is 2.22. The van der Waals surface area contributed by atoms with Crippen LogP contribution in [0.1, 0.15) is 38.1 Å². The van der Waals surface area contributed by atoms with Crippen LogP contribution < -0.4 is 10.3 Å². The van der Waals surface area contributed by atoms with Crippen LogP contribution in [0.15, 0.2) is 50.8 Å². The van der Waals surface area contributed by atoms with Crippen molar-refractivity contribution in [2.75, 3.05) is 6.61 Å². The van der Waals surface area contributed by atoms with E-state index in [4.69, 9.17) is 4.74 Å². The molecular weight excluding hydrogens is 521 g/mol. The van der Waals surface area contributed by atoms with Crippen molar-refractivity contribution < 1.29 is 4.74 Å². The minimum absolute atomic E-state index is 0.0587. The lowest BCUT2D eigenvalue weighted by atomic mass is 10.2. The number of rotatable bonds is 5. The summed E-state index contributed by atoms with van der Waals surface area (Å²) < 4.78 is 8.79. The molecule has 27 heavy (non-hydrogen) atoms. The molecule has 0 aliphatic heterocycles. The molecule has 0 amide bonds. The summed E-state index contributed by atoms with van der Waals surface area (Å²) in [5.74, 6) is 1.53. The van der Waals surface area contributed by atoms with Crippen molar-refractivity contribution >= 4 is 55.6 Å². The number of benzene rings is 2.